The molecule has 0 radical (unpaired) electrons. The van der Waals surface area contributed by atoms with Crippen molar-refractivity contribution in [2.24, 2.45) is 0 Å². The third-order valence-electron chi connectivity index (χ3n) is 4.07. The van der Waals surface area contributed by atoms with Gasteiger partial charge in [0.1, 0.15) is 11.9 Å². The van der Waals surface area contributed by atoms with Gasteiger partial charge in [-0.1, -0.05) is 0 Å². The van der Waals surface area contributed by atoms with Crippen LogP contribution >= 0.6 is 0 Å². The Balaban J connectivity index is 2.24. The number of nitriles is 1. The van der Waals surface area contributed by atoms with Gasteiger partial charge in [0, 0.05) is 18.3 Å². The summed E-state index contributed by atoms with van der Waals surface area (Å²) < 4.78 is 2.12. The van der Waals surface area contributed by atoms with Gasteiger partial charge in [-0.25, -0.2) is 0 Å². The van der Waals surface area contributed by atoms with Gasteiger partial charge in [-0.2, -0.15) is 5.26 Å². The van der Waals surface area contributed by atoms with E-state index in [1.165, 1.54) is 25.9 Å². The summed E-state index contributed by atoms with van der Waals surface area (Å²) in [6.07, 6.45) is 2.60. The van der Waals surface area contributed by atoms with Crippen LogP contribution in [0.5, 0.6) is 0 Å². The summed E-state index contributed by atoms with van der Waals surface area (Å²) in [5, 5.41) is 9.15. The first-order valence-electron chi connectivity index (χ1n) is 6.65. The number of rotatable bonds is 3. The molecule has 0 aliphatic carbocycles. The SMILES string of the molecule is Cc1c(C#N)c(N)n(C(C)CN2CCCC2)c1C. The number of hydrogen-bond donors (Lipinski definition) is 1. The van der Waals surface area contributed by atoms with Crippen molar-refractivity contribution in [1.29, 1.82) is 5.26 Å². The summed E-state index contributed by atoms with van der Waals surface area (Å²) >= 11 is 0. The van der Waals surface area contributed by atoms with Gasteiger partial charge in [-0.15, -0.1) is 0 Å². The number of nitrogens with zero attached hydrogens (tertiary/aromatic N) is 3. The Labute approximate surface area is 109 Å². The van der Waals surface area contributed by atoms with Crippen molar-refractivity contribution in [1.82, 2.24) is 9.47 Å². The Morgan fingerprint density at radius 1 is 1.33 bits per heavy atom. The Morgan fingerprint density at radius 2 is 1.94 bits per heavy atom. The lowest BCUT2D eigenvalue weighted by atomic mass is 10.2. The molecule has 2 heterocycles. The van der Waals surface area contributed by atoms with Crippen molar-refractivity contribution in [3.05, 3.63) is 16.8 Å². The van der Waals surface area contributed by atoms with Crippen LogP contribution in [0.4, 0.5) is 5.82 Å². The standard InChI is InChI=1S/C14H22N4/c1-10(9-17-6-4-5-7-17)18-12(3)11(2)13(8-15)14(18)16/h10H,4-7,9,16H2,1-3H3. The maximum atomic E-state index is 9.15. The topological polar surface area (TPSA) is 58.0 Å². The molecule has 1 unspecified atom stereocenters. The lowest BCUT2D eigenvalue weighted by Crippen LogP contribution is -2.28. The fraction of sp³-hybridized carbons (Fsp3) is 0.643. The highest BCUT2D eigenvalue weighted by molar-refractivity contribution is 5.58. The monoisotopic (exact) mass is 246 g/mol. The summed E-state index contributed by atoms with van der Waals surface area (Å²) in [6.45, 7) is 9.60. The van der Waals surface area contributed by atoms with Crippen molar-refractivity contribution < 1.29 is 0 Å². The Hall–Kier alpha value is -1.47. The van der Waals surface area contributed by atoms with Gasteiger partial charge in [0.15, 0.2) is 0 Å². The summed E-state index contributed by atoms with van der Waals surface area (Å²) in [6, 6.07) is 2.54. The van der Waals surface area contributed by atoms with Crippen LogP contribution in [0.15, 0.2) is 0 Å². The van der Waals surface area contributed by atoms with Gasteiger partial charge in [-0.05, 0) is 52.3 Å². The van der Waals surface area contributed by atoms with Crippen LogP contribution < -0.4 is 5.73 Å². The first-order valence-corrected chi connectivity index (χ1v) is 6.65. The maximum Gasteiger partial charge on any atom is 0.122 e. The Bertz CT molecular complexity index is 475. The van der Waals surface area contributed by atoms with Gasteiger partial charge in [0.2, 0.25) is 0 Å². The quantitative estimate of drug-likeness (QED) is 0.889. The van der Waals surface area contributed by atoms with Crippen molar-refractivity contribution in [3.63, 3.8) is 0 Å². The highest BCUT2D eigenvalue weighted by Gasteiger charge is 2.21. The average molecular weight is 246 g/mol. The molecule has 2 N–H and O–H groups in total. The molecule has 0 saturated carbocycles. The molecular formula is C14H22N4. The lowest BCUT2D eigenvalue weighted by Gasteiger charge is -2.24. The second-order valence-electron chi connectivity index (χ2n) is 5.31. The van der Waals surface area contributed by atoms with Crippen molar-refractivity contribution in [2.75, 3.05) is 25.4 Å². The molecule has 0 bridgehead atoms. The molecule has 1 aliphatic heterocycles. The summed E-state index contributed by atoms with van der Waals surface area (Å²) in [7, 11) is 0. The largest absolute Gasteiger partial charge is 0.384 e. The van der Waals surface area contributed by atoms with Crippen molar-refractivity contribution in [3.8, 4) is 6.07 Å². The predicted octanol–water partition coefficient (Wildman–Crippen LogP) is 2.22. The van der Waals surface area contributed by atoms with E-state index in [0.717, 1.165) is 17.8 Å². The van der Waals surface area contributed by atoms with Crippen LogP contribution in [0.1, 0.15) is 42.6 Å². The van der Waals surface area contributed by atoms with Gasteiger partial charge in [-0.3, -0.25) is 0 Å². The molecule has 4 nitrogen and oxygen atoms in total. The first kappa shape index (κ1) is 13.0. The molecule has 1 aromatic rings. The number of nitrogen functional groups attached to an aromatic ring is 1. The second-order valence-corrected chi connectivity index (χ2v) is 5.31. The van der Waals surface area contributed by atoms with Crippen LogP contribution in [-0.4, -0.2) is 29.1 Å². The summed E-state index contributed by atoms with van der Waals surface area (Å²) in [5.74, 6) is 0.624. The second kappa shape index (κ2) is 5.03. The molecule has 0 spiro atoms. The Kier molecular flexibility index (Phi) is 3.63. The fourth-order valence-electron chi connectivity index (χ4n) is 2.98. The number of likely N-dealkylation sites (tertiary alicyclic amines) is 1. The van der Waals surface area contributed by atoms with Gasteiger partial charge in [0.05, 0.1) is 5.56 Å². The third kappa shape index (κ3) is 2.11. The molecule has 18 heavy (non-hydrogen) atoms. The highest BCUT2D eigenvalue weighted by atomic mass is 15.2. The predicted molar refractivity (Wildman–Crippen MR) is 73.4 cm³/mol. The third-order valence-corrected chi connectivity index (χ3v) is 4.07. The molecule has 1 aliphatic rings. The molecule has 98 valence electrons. The van der Waals surface area contributed by atoms with Crippen LogP contribution in [0.2, 0.25) is 0 Å². The Morgan fingerprint density at radius 3 is 2.44 bits per heavy atom. The zero-order chi connectivity index (χ0) is 13.3. The molecule has 1 fully saturated rings. The minimum atomic E-state index is 0.323. The smallest absolute Gasteiger partial charge is 0.122 e. The number of hydrogen-bond acceptors (Lipinski definition) is 3. The van der Waals surface area contributed by atoms with Crippen LogP contribution in [0, 0.1) is 25.2 Å². The molecule has 4 heteroatoms. The van der Waals surface area contributed by atoms with E-state index >= 15 is 0 Å². The van der Waals surface area contributed by atoms with Gasteiger partial charge in [0.25, 0.3) is 0 Å². The van der Waals surface area contributed by atoms with Crippen LogP contribution in [-0.2, 0) is 0 Å². The van der Waals surface area contributed by atoms with Gasteiger partial charge >= 0.3 is 0 Å². The van der Waals surface area contributed by atoms with E-state index in [4.69, 9.17) is 11.0 Å². The number of nitrogens with two attached hydrogens (primary N) is 1. The summed E-state index contributed by atoms with van der Waals surface area (Å²) in [5.41, 5.74) is 8.89. The normalized spacial score (nSPS) is 17.9. The minimum Gasteiger partial charge on any atom is -0.384 e. The molecular weight excluding hydrogens is 224 g/mol. The van der Waals surface area contributed by atoms with Crippen LogP contribution in [0.25, 0.3) is 0 Å². The van der Waals surface area contributed by atoms with E-state index in [9.17, 15) is 0 Å². The number of anilines is 1. The molecule has 1 saturated heterocycles. The highest BCUT2D eigenvalue weighted by Crippen LogP contribution is 2.28. The van der Waals surface area contributed by atoms with E-state index in [2.05, 4.69) is 22.5 Å². The van der Waals surface area contributed by atoms with E-state index in [-0.39, 0.29) is 0 Å². The zero-order valence-corrected chi connectivity index (χ0v) is 11.5. The van der Waals surface area contributed by atoms with Crippen LogP contribution in [0.3, 0.4) is 0 Å². The van der Waals surface area contributed by atoms with Crippen molar-refractivity contribution in [2.45, 2.75) is 39.7 Å². The minimum absolute atomic E-state index is 0.323. The molecule has 1 aromatic heterocycles. The molecule has 1 atom stereocenters. The number of aromatic nitrogens is 1. The lowest BCUT2D eigenvalue weighted by molar-refractivity contribution is 0.287. The van der Waals surface area contributed by atoms with Gasteiger partial charge < -0.3 is 15.2 Å². The molecule has 0 amide bonds. The average Bonchev–Trinajstić information content (AvgIpc) is 2.88. The molecule has 0 aromatic carbocycles. The first-order chi connectivity index (χ1) is 8.56. The van der Waals surface area contributed by atoms with E-state index in [1.807, 2.05) is 13.8 Å². The van der Waals surface area contributed by atoms with E-state index in [0.29, 0.717) is 17.4 Å². The van der Waals surface area contributed by atoms with Crippen molar-refractivity contribution >= 4 is 5.82 Å². The molecule has 2 rings (SSSR count). The van der Waals surface area contributed by atoms with E-state index in [1.54, 1.807) is 0 Å². The van der Waals surface area contributed by atoms with E-state index < -0.39 is 0 Å². The maximum absolute atomic E-state index is 9.15. The summed E-state index contributed by atoms with van der Waals surface area (Å²) in [4.78, 5) is 2.48. The fourth-order valence-corrected chi connectivity index (χ4v) is 2.98. The zero-order valence-electron chi connectivity index (χ0n) is 11.5.